The molecule has 1 aliphatic rings. The van der Waals surface area contributed by atoms with E-state index in [4.69, 9.17) is 4.74 Å². The second-order valence-electron chi connectivity index (χ2n) is 6.50. The number of carbonyl (C=O) groups excluding carboxylic acids is 2. The van der Waals surface area contributed by atoms with Crippen molar-refractivity contribution in [3.05, 3.63) is 64.9 Å². The highest BCUT2D eigenvalue weighted by Gasteiger charge is 2.31. The molecule has 3 amide bonds. The highest BCUT2D eigenvalue weighted by molar-refractivity contribution is 6.07. The summed E-state index contributed by atoms with van der Waals surface area (Å²) in [5.41, 5.74) is 3.11. The van der Waals surface area contributed by atoms with E-state index in [0.717, 1.165) is 5.56 Å². The van der Waals surface area contributed by atoms with Crippen molar-refractivity contribution in [1.82, 2.24) is 10.6 Å². The van der Waals surface area contributed by atoms with E-state index in [9.17, 15) is 14.7 Å². The van der Waals surface area contributed by atoms with E-state index >= 15 is 0 Å². The number of benzene rings is 2. The first-order chi connectivity index (χ1) is 13.4. The minimum atomic E-state index is -0.683. The second-order valence-corrected chi connectivity index (χ2v) is 6.50. The van der Waals surface area contributed by atoms with Crippen LogP contribution in [0.2, 0.25) is 0 Å². The van der Waals surface area contributed by atoms with Gasteiger partial charge in [0, 0.05) is 11.4 Å². The van der Waals surface area contributed by atoms with Crippen LogP contribution in [0.25, 0.3) is 0 Å². The lowest BCUT2D eigenvalue weighted by Crippen LogP contribution is -2.46. The zero-order chi connectivity index (χ0) is 20.3. The fraction of sp³-hybridized carbons (Fsp3) is 0.238. The molecule has 0 aliphatic carbocycles. The number of phenols is 1. The van der Waals surface area contributed by atoms with Crippen LogP contribution >= 0.6 is 0 Å². The van der Waals surface area contributed by atoms with Crippen molar-refractivity contribution >= 4 is 17.6 Å². The van der Waals surface area contributed by atoms with Gasteiger partial charge in [0.2, 0.25) is 0 Å². The molecule has 0 fully saturated rings. The number of allylic oxidation sites excluding steroid dienone is 1. The molecular weight excluding hydrogens is 358 g/mol. The summed E-state index contributed by atoms with van der Waals surface area (Å²) in [5, 5.41) is 18.3. The number of carbonyl (C=O) groups is 2. The Morgan fingerprint density at radius 2 is 1.96 bits per heavy atom. The maximum absolute atomic E-state index is 13.1. The predicted molar refractivity (Wildman–Crippen MR) is 106 cm³/mol. The quantitative estimate of drug-likeness (QED) is 0.638. The number of amides is 3. The molecule has 1 heterocycles. The molecule has 0 saturated carbocycles. The number of phenolic OH excluding ortho intramolecular Hbond substituents is 1. The first-order valence-corrected chi connectivity index (χ1v) is 9.01. The molecule has 4 N–H and O–H groups in total. The lowest BCUT2D eigenvalue weighted by atomic mass is 9.94. The van der Waals surface area contributed by atoms with Gasteiger partial charge in [-0.15, -0.1) is 0 Å². The molecule has 1 unspecified atom stereocenters. The summed E-state index contributed by atoms with van der Waals surface area (Å²) >= 11 is 0. The number of aryl methyl sites for hydroxylation is 1. The summed E-state index contributed by atoms with van der Waals surface area (Å²) in [7, 11) is 0. The molecule has 1 aliphatic heterocycles. The molecule has 1 atom stereocenters. The summed E-state index contributed by atoms with van der Waals surface area (Å²) < 4.78 is 5.43. The van der Waals surface area contributed by atoms with Crippen LogP contribution in [0.4, 0.5) is 10.5 Å². The third-order valence-electron chi connectivity index (χ3n) is 4.52. The van der Waals surface area contributed by atoms with Crippen molar-refractivity contribution in [1.29, 1.82) is 0 Å². The molecular formula is C21H23N3O4. The lowest BCUT2D eigenvalue weighted by Gasteiger charge is -2.29. The van der Waals surface area contributed by atoms with Crippen molar-refractivity contribution in [2.24, 2.45) is 0 Å². The van der Waals surface area contributed by atoms with Crippen LogP contribution in [0.3, 0.4) is 0 Å². The third-order valence-corrected chi connectivity index (χ3v) is 4.52. The van der Waals surface area contributed by atoms with E-state index in [2.05, 4.69) is 16.0 Å². The summed E-state index contributed by atoms with van der Waals surface area (Å²) in [5.74, 6) is -0.0306. The second kappa shape index (κ2) is 8.04. The standard InChI is InChI=1S/C21H23N3O4/c1-4-28-17-11-14(9-10-16(17)25)19-18(13(3)22-21(27)24-19)20(26)23-15-8-6-5-7-12(15)2/h5-11,19,25H,4H2,1-3H3,(H,23,26)(H2,22,24,27). The van der Waals surface area contributed by atoms with Crippen LogP contribution < -0.4 is 20.7 Å². The van der Waals surface area contributed by atoms with Crippen molar-refractivity contribution in [3.8, 4) is 11.5 Å². The van der Waals surface area contributed by atoms with Gasteiger partial charge in [-0.1, -0.05) is 24.3 Å². The molecule has 3 rings (SSSR count). The topological polar surface area (TPSA) is 99.7 Å². The largest absolute Gasteiger partial charge is 0.504 e. The van der Waals surface area contributed by atoms with Gasteiger partial charge in [0.1, 0.15) is 0 Å². The van der Waals surface area contributed by atoms with Crippen LogP contribution in [-0.4, -0.2) is 23.7 Å². The Kier molecular flexibility index (Phi) is 5.54. The van der Waals surface area contributed by atoms with E-state index in [1.165, 1.54) is 6.07 Å². The average Bonchev–Trinajstić information content (AvgIpc) is 2.65. The van der Waals surface area contributed by atoms with Crippen molar-refractivity contribution in [2.75, 3.05) is 11.9 Å². The Hall–Kier alpha value is -3.48. The number of aromatic hydroxyl groups is 1. The average molecular weight is 381 g/mol. The van der Waals surface area contributed by atoms with E-state index in [1.54, 1.807) is 19.1 Å². The maximum atomic E-state index is 13.1. The van der Waals surface area contributed by atoms with Gasteiger partial charge in [-0.25, -0.2) is 4.79 Å². The number of anilines is 1. The van der Waals surface area contributed by atoms with Crippen molar-refractivity contribution < 1.29 is 19.4 Å². The van der Waals surface area contributed by atoms with Gasteiger partial charge in [-0.05, 0) is 50.1 Å². The Balaban J connectivity index is 1.98. The summed E-state index contributed by atoms with van der Waals surface area (Å²) in [6.45, 7) is 5.78. The monoisotopic (exact) mass is 381 g/mol. The Bertz CT molecular complexity index is 952. The Morgan fingerprint density at radius 1 is 1.21 bits per heavy atom. The molecule has 0 radical (unpaired) electrons. The molecule has 2 aromatic rings. The Morgan fingerprint density at radius 3 is 2.68 bits per heavy atom. The molecule has 7 nitrogen and oxygen atoms in total. The first kappa shape index (κ1) is 19.3. The first-order valence-electron chi connectivity index (χ1n) is 9.01. The fourth-order valence-electron chi connectivity index (χ4n) is 3.13. The predicted octanol–water partition coefficient (Wildman–Crippen LogP) is 3.37. The molecule has 146 valence electrons. The Labute approximate surface area is 163 Å². The fourth-order valence-corrected chi connectivity index (χ4v) is 3.13. The molecule has 0 aromatic heterocycles. The van der Waals surface area contributed by atoms with E-state index in [1.807, 2.05) is 38.1 Å². The highest BCUT2D eigenvalue weighted by Crippen LogP contribution is 2.34. The van der Waals surface area contributed by atoms with E-state index in [-0.39, 0.29) is 11.7 Å². The molecule has 28 heavy (non-hydrogen) atoms. The number of hydrogen-bond donors (Lipinski definition) is 4. The van der Waals surface area contributed by atoms with Gasteiger partial charge >= 0.3 is 6.03 Å². The number of urea groups is 1. The normalized spacial score (nSPS) is 16.2. The van der Waals surface area contributed by atoms with E-state index in [0.29, 0.717) is 34.9 Å². The van der Waals surface area contributed by atoms with Crippen molar-refractivity contribution in [3.63, 3.8) is 0 Å². The smallest absolute Gasteiger partial charge is 0.319 e. The molecule has 0 saturated heterocycles. The van der Waals surface area contributed by atoms with Crippen LogP contribution in [0.5, 0.6) is 11.5 Å². The maximum Gasteiger partial charge on any atom is 0.319 e. The SMILES string of the molecule is CCOc1cc(C2NC(=O)NC(C)=C2C(=O)Nc2ccccc2C)ccc1O. The summed E-state index contributed by atoms with van der Waals surface area (Å²) in [6, 6.07) is 11.2. The molecule has 0 bridgehead atoms. The van der Waals surface area contributed by atoms with Crippen LogP contribution in [0, 0.1) is 6.92 Å². The number of hydrogen-bond acceptors (Lipinski definition) is 4. The van der Waals surface area contributed by atoms with Crippen molar-refractivity contribution in [2.45, 2.75) is 26.8 Å². The minimum Gasteiger partial charge on any atom is -0.504 e. The third kappa shape index (κ3) is 3.93. The van der Waals surface area contributed by atoms with Gasteiger partial charge < -0.3 is 25.8 Å². The van der Waals surface area contributed by atoms with Gasteiger partial charge in [-0.2, -0.15) is 0 Å². The van der Waals surface area contributed by atoms with Crippen LogP contribution in [0.1, 0.15) is 31.0 Å². The molecule has 2 aromatic carbocycles. The minimum absolute atomic E-state index is 0.00234. The van der Waals surface area contributed by atoms with Gasteiger partial charge in [-0.3, -0.25) is 4.79 Å². The van der Waals surface area contributed by atoms with Gasteiger partial charge in [0.15, 0.2) is 11.5 Å². The summed E-state index contributed by atoms with van der Waals surface area (Å²) in [6.07, 6.45) is 0. The van der Waals surface area contributed by atoms with Crippen LogP contribution in [-0.2, 0) is 4.79 Å². The number of ether oxygens (including phenoxy) is 1. The van der Waals surface area contributed by atoms with Crippen LogP contribution in [0.15, 0.2) is 53.7 Å². The van der Waals surface area contributed by atoms with Gasteiger partial charge in [0.05, 0.1) is 18.2 Å². The molecule has 7 heteroatoms. The summed E-state index contributed by atoms with van der Waals surface area (Å²) in [4.78, 5) is 25.1. The number of para-hydroxylation sites is 1. The highest BCUT2D eigenvalue weighted by atomic mass is 16.5. The molecule has 0 spiro atoms. The number of rotatable bonds is 5. The lowest BCUT2D eigenvalue weighted by molar-refractivity contribution is -0.113. The zero-order valence-corrected chi connectivity index (χ0v) is 16.0. The zero-order valence-electron chi connectivity index (χ0n) is 16.0. The van der Waals surface area contributed by atoms with Gasteiger partial charge in [0.25, 0.3) is 5.91 Å². The number of nitrogens with one attached hydrogen (secondary N) is 3. The van der Waals surface area contributed by atoms with E-state index < -0.39 is 12.1 Å².